The highest BCUT2D eigenvalue weighted by Gasteiger charge is 2.36. The Morgan fingerprint density at radius 3 is 2.68 bits per heavy atom. The largest absolute Gasteiger partial charge is 0.465 e. The lowest BCUT2D eigenvalue weighted by Crippen LogP contribution is -2.19. The molecule has 0 fully saturated rings. The summed E-state index contributed by atoms with van der Waals surface area (Å²) in [6.45, 7) is 5.21. The molecule has 0 N–H and O–H groups in total. The van der Waals surface area contributed by atoms with Gasteiger partial charge in [0, 0.05) is 6.54 Å². The Bertz CT molecular complexity index is 544. The summed E-state index contributed by atoms with van der Waals surface area (Å²) in [6, 6.07) is 1.75. The minimum atomic E-state index is -1.35. The second kappa shape index (κ2) is 5.95. The second-order valence-electron chi connectivity index (χ2n) is 3.71. The van der Waals surface area contributed by atoms with Gasteiger partial charge in [-0.1, -0.05) is 0 Å². The zero-order chi connectivity index (χ0) is 14.6. The Morgan fingerprint density at radius 2 is 2.26 bits per heavy atom. The van der Waals surface area contributed by atoms with Gasteiger partial charge in [0.05, 0.1) is 17.6 Å². The maximum atomic E-state index is 11.7. The van der Waals surface area contributed by atoms with Gasteiger partial charge < -0.3 is 4.74 Å². The van der Waals surface area contributed by atoms with Gasteiger partial charge >= 0.3 is 11.7 Å². The quantitative estimate of drug-likeness (QED) is 0.451. The molecule has 0 spiro atoms. The molecule has 1 atom stereocenters. The summed E-state index contributed by atoms with van der Waals surface area (Å²) in [6.07, 6.45) is 0. The van der Waals surface area contributed by atoms with Crippen LogP contribution in [0, 0.1) is 28.4 Å². The predicted octanol–water partition coefficient (Wildman–Crippen LogP) is 1.29. The molecule has 1 unspecified atom stereocenters. The van der Waals surface area contributed by atoms with E-state index in [2.05, 4.69) is 5.10 Å². The van der Waals surface area contributed by atoms with Crippen LogP contribution in [0.1, 0.15) is 31.2 Å². The van der Waals surface area contributed by atoms with Gasteiger partial charge in [0.25, 0.3) is 0 Å². The summed E-state index contributed by atoms with van der Waals surface area (Å²) in [5, 5.41) is 24.1. The SMILES string of the molecule is CCOC(=O)C(C#N)c1c([N+](=O)[O-])c(C)nn1CC. The van der Waals surface area contributed by atoms with E-state index in [4.69, 9.17) is 10.00 Å². The molecule has 0 aliphatic rings. The number of hydrogen-bond acceptors (Lipinski definition) is 6. The van der Waals surface area contributed by atoms with Crippen molar-refractivity contribution < 1.29 is 14.5 Å². The van der Waals surface area contributed by atoms with Crippen LogP contribution in [0.5, 0.6) is 0 Å². The third kappa shape index (κ3) is 2.70. The molecule has 0 saturated heterocycles. The first-order valence-corrected chi connectivity index (χ1v) is 5.75. The summed E-state index contributed by atoms with van der Waals surface area (Å²) in [4.78, 5) is 22.2. The van der Waals surface area contributed by atoms with Crippen LogP contribution in [-0.2, 0) is 16.1 Å². The van der Waals surface area contributed by atoms with E-state index < -0.39 is 16.8 Å². The molecule has 1 aromatic rings. The lowest BCUT2D eigenvalue weighted by molar-refractivity contribution is -0.386. The molecule has 1 aromatic heterocycles. The van der Waals surface area contributed by atoms with Crippen molar-refractivity contribution in [2.45, 2.75) is 33.2 Å². The van der Waals surface area contributed by atoms with Crippen LogP contribution in [0.25, 0.3) is 0 Å². The fourth-order valence-electron chi connectivity index (χ4n) is 1.79. The lowest BCUT2D eigenvalue weighted by atomic mass is 10.1. The van der Waals surface area contributed by atoms with E-state index in [1.807, 2.05) is 0 Å². The Morgan fingerprint density at radius 1 is 1.63 bits per heavy atom. The molecular formula is C11H14N4O4. The number of aromatic nitrogens is 2. The second-order valence-corrected chi connectivity index (χ2v) is 3.71. The summed E-state index contributed by atoms with van der Waals surface area (Å²) in [5.74, 6) is -2.15. The van der Waals surface area contributed by atoms with Gasteiger partial charge in [-0.3, -0.25) is 19.6 Å². The molecule has 0 aliphatic carbocycles. The Balaban J connectivity index is 3.41. The molecule has 0 radical (unpaired) electrons. The Labute approximate surface area is 109 Å². The van der Waals surface area contributed by atoms with Gasteiger partial charge in [-0.2, -0.15) is 10.4 Å². The minimum absolute atomic E-state index is 0.0223. The van der Waals surface area contributed by atoms with Gasteiger partial charge in [0.2, 0.25) is 0 Å². The molecule has 8 nitrogen and oxygen atoms in total. The number of esters is 1. The molecule has 102 valence electrons. The number of ether oxygens (including phenoxy) is 1. The number of carbonyl (C=O) groups excluding carboxylic acids is 1. The highest BCUT2D eigenvalue weighted by Crippen LogP contribution is 2.30. The van der Waals surface area contributed by atoms with Crippen molar-refractivity contribution in [2.24, 2.45) is 0 Å². The number of carbonyl (C=O) groups is 1. The minimum Gasteiger partial charge on any atom is -0.465 e. The summed E-state index contributed by atoms with van der Waals surface area (Å²) < 4.78 is 6.06. The third-order valence-electron chi connectivity index (χ3n) is 2.54. The van der Waals surface area contributed by atoms with Crippen molar-refractivity contribution in [3.05, 3.63) is 21.5 Å². The molecule has 19 heavy (non-hydrogen) atoms. The summed E-state index contributed by atoms with van der Waals surface area (Å²) in [5.41, 5.74) is -0.154. The molecule has 0 aromatic carbocycles. The van der Waals surface area contributed by atoms with E-state index in [9.17, 15) is 14.9 Å². The van der Waals surface area contributed by atoms with Crippen LogP contribution in [-0.4, -0.2) is 27.3 Å². The average Bonchev–Trinajstić information content (AvgIpc) is 2.67. The summed E-state index contributed by atoms with van der Waals surface area (Å²) >= 11 is 0. The maximum Gasteiger partial charge on any atom is 0.329 e. The van der Waals surface area contributed by atoms with Gasteiger partial charge in [-0.15, -0.1) is 0 Å². The van der Waals surface area contributed by atoms with Crippen LogP contribution in [0.15, 0.2) is 0 Å². The first-order valence-electron chi connectivity index (χ1n) is 5.75. The first-order chi connectivity index (χ1) is 8.97. The predicted molar refractivity (Wildman–Crippen MR) is 64.3 cm³/mol. The Kier molecular flexibility index (Phi) is 4.58. The standard InChI is InChI=1S/C11H14N4O4/c1-4-14-10(8(6-12)11(16)19-5-2)9(15(17)18)7(3)13-14/h8H,4-5H2,1-3H3. The van der Waals surface area contributed by atoms with Crippen molar-refractivity contribution >= 4 is 11.7 Å². The molecule has 0 amide bonds. The highest BCUT2D eigenvalue weighted by molar-refractivity contribution is 5.82. The molecule has 1 rings (SSSR count). The zero-order valence-electron chi connectivity index (χ0n) is 10.9. The highest BCUT2D eigenvalue weighted by atomic mass is 16.6. The zero-order valence-corrected chi connectivity index (χ0v) is 10.9. The number of nitriles is 1. The van der Waals surface area contributed by atoms with Crippen molar-refractivity contribution in [1.29, 1.82) is 5.26 Å². The molecule has 0 aliphatic heterocycles. The molecule has 8 heteroatoms. The third-order valence-corrected chi connectivity index (χ3v) is 2.54. The average molecular weight is 266 g/mol. The number of nitro groups is 1. The molecular weight excluding hydrogens is 252 g/mol. The van der Waals surface area contributed by atoms with E-state index in [1.165, 1.54) is 11.6 Å². The fourth-order valence-corrected chi connectivity index (χ4v) is 1.79. The normalized spacial score (nSPS) is 11.7. The van der Waals surface area contributed by atoms with Crippen LogP contribution >= 0.6 is 0 Å². The summed E-state index contributed by atoms with van der Waals surface area (Å²) in [7, 11) is 0. The van der Waals surface area contributed by atoms with Crippen molar-refractivity contribution in [2.75, 3.05) is 6.61 Å². The van der Waals surface area contributed by atoms with Gasteiger partial charge in [0.1, 0.15) is 11.4 Å². The van der Waals surface area contributed by atoms with Gasteiger partial charge in [0.15, 0.2) is 5.92 Å². The van der Waals surface area contributed by atoms with E-state index in [-0.39, 0.29) is 23.7 Å². The van der Waals surface area contributed by atoms with Gasteiger partial charge in [-0.25, -0.2) is 0 Å². The maximum absolute atomic E-state index is 11.7. The van der Waals surface area contributed by atoms with E-state index >= 15 is 0 Å². The van der Waals surface area contributed by atoms with Crippen LogP contribution in [0.2, 0.25) is 0 Å². The number of hydrogen-bond donors (Lipinski definition) is 0. The van der Waals surface area contributed by atoms with E-state index in [0.717, 1.165) is 0 Å². The monoisotopic (exact) mass is 266 g/mol. The van der Waals surface area contributed by atoms with Crippen LogP contribution in [0.3, 0.4) is 0 Å². The molecule has 0 bridgehead atoms. The van der Waals surface area contributed by atoms with Crippen LogP contribution in [0.4, 0.5) is 5.69 Å². The van der Waals surface area contributed by atoms with E-state index in [0.29, 0.717) is 6.54 Å². The lowest BCUT2D eigenvalue weighted by Gasteiger charge is -2.09. The van der Waals surface area contributed by atoms with Crippen molar-refractivity contribution in [1.82, 2.24) is 9.78 Å². The number of aryl methyl sites for hydroxylation is 2. The van der Waals surface area contributed by atoms with Gasteiger partial charge in [-0.05, 0) is 20.8 Å². The smallest absolute Gasteiger partial charge is 0.329 e. The number of nitrogens with zero attached hydrogens (tertiary/aromatic N) is 4. The number of rotatable bonds is 5. The first kappa shape index (κ1) is 14.6. The molecule has 0 saturated carbocycles. The fraction of sp³-hybridized carbons (Fsp3) is 0.545. The molecule has 1 heterocycles. The van der Waals surface area contributed by atoms with Crippen LogP contribution < -0.4 is 0 Å². The van der Waals surface area contributed by atoms with E-state index in [1.54, 1.807) is 19.9 Å². The van der Waals surface area contributed by atoms with Crippen molar-refractivity contribution in [3.8, 4) is 6.07 Å². The van der Waals surface area contributed by atoms with Crippen molar-refractivity contribution in [3.63, 3.8) is 0 Å². The topological polar surface area (TPSA) is 111 Å². The Hall–Kier alpha value is -2.43.